The Labute approximate surface area is 231 Å². The first-order valence-corrected chi connectivity index (χ1v) is 12.5. The summed E-state index contributed by atoms with van der Waals surface area (Å²) in [6, 6.07) is 24.0. The minimum Gasteiger partial charge on any atom is -0.491 e. The van der Waals surface area contributed by atoms with E-state index < -0.39 is 5.97 Å². The molecule has 1 aromatic heterocycles. The molecule has 0 bridgehead atoms. The second-order valence-corrected chi connectivity index (χ2v) is 8.43. The van der Waals surface area contributed by atoms with E-state index >= 15 is 0 Å². The Hall–Kier alpha value is -5.16. The molecule has 0 radical (unpaired) electrons. The van der Waals surface area contributed by atoms with Crippen LogP contribution in [0.15, 0.2) is 91.0 Å². The molecule has 4 rings (SSSR count). The van der Waals surface area contributed by atoms with Gasteiger partial charge in [-0.3, -0.25) is 0 Å². The molecule has 40 heavy (non-hydrogen) atoms. The highest BCUT2D eigenvalue weighted by atomic mass is 16.6. The second kappa shape index (κ2) is 14.1. The summed E-state index contributed by atoms with van der Waals surface area (Å²) in [5.74, 6) is 1.80. The number of hydrogen-bond acceptors (Lipinski definition) is 11. The number of nitrogens with one attached hydrogen (secondary N) is 3. The van der Waals surface area contributed by atoms with Crippen LogP contribution in [0, 0.1) is 0 Å². The van der Waals surface area contributed by atoms with Crippen LogP contribution in [0.4, 0.5) is 34.9 Å². The van der Waals surface area contributed by atoms with Gasteiger partial charge >= 0.3 is 5.97 Å². The number of nitrogens with zero attached hydrogens (tertiary/aromatic N) is 3. The van der Waals surface area contributed by atoms with Crippen LogP contribution in [0.2, 0.25) is 0 Å². The van der Waals surface area contributed by atoms with Crippen molar-refractivity contribution < 1.29 is 24.1 Å². The number of rotatable bonds is 14. The highest BCUT2D eigenvalue weighted by Crippen LogP contribution is 2.23. The highest BCUT2D eigenvalue weighted by Gasteiger charge is 2.09. The Kier molecular flexibility index (Phi) is 9.84. The topological polar surface area (TPSA) is 140 Å². The Morgan fingerprint density at radius 1 is 0.700 bits per heavy atom. The number of ether oxygens (including phenoxy) is 3. The van der Waals surface area contributed by atoms with Crippen LogP contribution in [0.1, 0.15) is 6.92 Å². The predicted octanol–water partition coefficient (Wildman–Crippen LogP) is 4.97. The molecule has 0 aliphatic rings. The van der Waals surface area contributed by atoms with E-state index in [0.717, 1.165) is 17.1 Å². The Bertz CT molecular complexity index is 1400. The Morgan fingerprint density at radius 3 is 1.60 bits per heavy atom. The maximum absolute atomic E-state index is 11.4. The summed E-state index contributed by atoms with van der Waals surface area (Å²) in [5.41, 5.74) is 2.64. The fourth-order valence-corrected chi connectivity index (χ4v) is 3.30. The van der Waals surface area contributed by atoms with Crippen molar-refractivity contribution in [2.24, 2.45) is 0 Å². The van der Waals surface area contributed by atoms with Crippen molar-refractivity contribution in [3.8, 4) is 11.5 Å². The van der Waals surface area contributed by atoms with Gasteiger partial charge in [-0.1, -0.05) is 24.8 Å². The summed E-state index contributed by atoms with van der Waals surface area (Å²) in [7, 11) is 0. The molecule has 0 atom stereocenters. The predicted molar refractivity (Wildman–Crippen MR) is 153 cm³/mol. The molecule has 0 unspecified atom stereocenters. The lowest BCUT2D eigenvalue weighted by molar-refractivity contribution is -0.139. The number of carbonyl (C=O) groups is 1. The zero-order chi connectivity index (χ0) is 28.2. The van der Waals surface area contributed by atoms with Gasteiger partial charge in [0.05, 0.1) is 6.61 Å². The van der Waals surface area contributed by atoms with Gasteiger partial charge in [-0.05, 0) is 67.6 Å². The number of aliphatic hydroxyl groups excluding tert-OH is 1. The summed E-state index contributed by atoms with van der Waals surface area (Å²) in [4.78, 5) is 25.0. The van der Waals surface area contributed by atoms with Gasteiger partial charge in [-0.2, -0.15) is 15.0 Å². The summed E-state index contributed by atoms with van der Waals surface area (Å²) >= 11 is 0. The van der Waals surface area contributed by atoms with E-state index in [-0.39, 0.29) is 26.4 Å². The molecule has 3 aromatic carbocycles. The lowest BCUT2D eigenvalue weighted by Gasteiger charge is -2.12. The van der Waals surface area contributed by atoms with Gasteiger partial charge in [0.15, 0.2) is 0 Å². The number of benzene rings is 3. The molecule has 206 valence electrons. The van der Waals surface area contributed by atoms with Crippen LogP contribution in [0.25, 0.3) is 0 Å². The number of para-hydroxylation sites is 1. The molecule has 0 saturated heterocycles. The van der Waals surface area contributed by atoms with Gasteiger partial charge < -0.3 is 35.3 Å². The molecule has 4 aromatic rings. The lowest BCUT2D eigenvalue weighted by Crippen LogP contribution is -2.12. The van der Waals surface area contributed by atoms with E-state index in [4.69, 9.17) is 19.3 Å². The zero-order valence-electron chi connectivity index (χ0n) is 22.0. The minimum atomic E-state index is -0.445. The van der Waals surface area contributed by atoms with Crippen LogP contribution in [-0.4, -0.2) is 52.5 Å². The average Bonchev–Trinajstić information content (AvgIpc) is 2.96. The van der Waals surface area contributed by atoms with Crippen LogP contribution in [-0.2, 0) is 9.53 Å². The van der Waals surface area contributed by atoms with E-state index in [9.17, 15) is 4.79 Å². The van der Waals surface area contributed by atoms with Gasteiger partial charge in [0.2, 0.25) is 17.8 Å². The van der Waals surface area contributed by atoms with Gasteiger partial charge in [0, 0.05) is 22.6 Å². The van der Waals surface area contributed by atoms with Crippen LogP contribution < -0.4 is 25.4 Å². The molecular formula is C29H30N6O5. The monoisotopic (exact) mass is 542 g/mol. The lowest BCUT2D eigenvalue weighted by atomic mass is 10.3. The number of aliphatic hydroxyl groups is 1. The smallest absolute Gasteiger partial charge is 0.333 e. The molecule has 0 aliphatic carbocycles. The molecular weight excluding hydrogens is 512 g/mol. The van der Waals surface area contributed by atoms with E-state index in [1.54, 1.807) is 31.2 Å². The third kappa shape index (κ3) is 8.71. The van der Waals surface area contributed by atoms with Crippen molar-refractivity contribution in [3.05, 3.63) is 91.0 Å². The molecule has 1 heterocycles. The summed E-state index contributed by atoms with van der Waals surface area (Å²) in [5, 5.41) is 18.5. The number of aromatic nitrogens is 3. The number of esters is 1. The van der Waals surface area contributed by atoms with Gasteiger partial charge in [0.1, 0.15) is 31.3 Å². The molecule has 4 N–H and O–H groups in total. The summed E-state index contributed by atoms with van der Waals surface area (Å²) in [6.45, 7) is 5.65. The fourth-order valence-electron chi connectivity index (χ4n) is 3.30. The van der Waals surface area contributed by atoms with Crippen molar-refractivity contribution in [1.82, 2.24) is 15.0 Å². The maximum atomic E-state index is 11.4. The number of anilines is 6. The molecule has 0 saturated carbocycles. The van der Waals surface area contributed by atoms with E-state index in [1.165, 1.54) is 0 Å². The van der Waals surface area contributed by atoms with E-state index in [1.807, 2.05) is 54.6 Å². The SMILES string of the molecule is C=C(C)C(=O)OCCOc1ccc(Nc2nc(Nc3ccccc3)nc(Nc3ccc(OCCO)cc3)n2)cc1. The van der Waals surface area contributed by atoms with Crippen molar-refractivity contribution in [2.75, 3.05) is 42.4 Å². The first-order chi connectivity index (χ1) is 19.5. The normalized spacial score (nSPS) is 10.3. The van der Waals surface area contributed by atoms with Gasteiger partial charge in [0.25, 0.3) is 0 Å². The third-order valence-electron chi connectivity index (χ3n) is 5.18. The maximum Gasteiger partial charge on any atom is 0.333 e. The zero-order valence-corrected chi connectivity index (χ0v) is 22.0. The van der Waals surface area contributed by atoms with E-state index in [0.29, 0.717) is 34.9 Å². The van der Waals surface area contributed by atoms with Crippen molar-refractivity contribution >= 4 is 40.9 Å². The highest BCUT2D eigenvalue weighted by molar-refractivity contribution is 5.86. The average molecular weight is 543 g/mol. The van der Waals surface area contributed by atoms with Crippen molar-refractivity contribution in [2.45, 2.75) is 6.92 Å². The molecule has 0 amide bonds. The standard InChI is InChI=1S/C29H30N6O5/c1-20(2)26(37)40-19-18-39-25-14-10-23(11-15-25)32-29-34-27(30-21-6-4-3-5-7-21)33-28(35-29)31-22-8-12-24(13-9-22)38-17-16-36/h3-15,36H,1,16-19H2,2H3,(H3,30,31,32,33,34,35). The summed E-state index contributed by atoms with van der Waals surface area (Å²) in [6.07, 6.45) is 0. The first kappa shape index (κ1) is 27.9. The Balaban J connectivity index is 1.44. The van der Waals surface area contributed by atoms with Crippen LogP contribution >= 0.6 is 0 Å². The number of carbonyl (C=O) groups excluding carboxylic acids is 1. The third-order valence-corrected chi connectivity index (χ3v) is 5.18. The molecule has 0 fully saturated rings. The van der Waals surface area contributed by atoms with Crippen LogP contribution in [0.5, 0.6) is 11.5 Å². The fraction of sp³-hybridized carbons (Fsp3) is 0.172. The van der Waals surface area contributed by atoms with Gasteiger partial charge in [-0.15, -0.1) is 0 Å². The quantitative estimate of drug-likeness (QED) is 0.0975. The Morgan fingerprint density at radius 2 is 1.15 bits per heavy atom. The van der Waals surface area contributed by atoms with Crippen molar-refractivity contribution in [3.63, 3.8) is 0 Å². The van der Waals surface area contributed by atoms with Gasteiger partial charge in [-0.25, -0.2) is 4.79 Å². The number of hydrogen-bond donors (Lipinski definition) is 4. The largest absolute Gasteiger partial charge is 0.491 e. The summed E-state index contributed by atoms with van der Waals surface area (Å²) < 4.78 is 16.1. The molecule has 0 aliphatic heterocycles. The second-order valence-electron chi connectivity index (χ2n) is 8.43. The molecule has 11 nitrogen and oxygen atoms in total. The molecule has 11 heteroatoms. The first-order valence-electron chi connectivity index (χ1n) is 12.5. The molecule has 0 spiro atoms. The van der Waals surface area contributed by atoms with Crippen molar-refractivity contribution in [1.29, 1.82) is 0 Å². The van der Waals surface area contributed by atoms with Crippen LogP contribution in [0.3, 0.4) is 0 Å². The van der Waals surface area contributed by atoms with E-state index in [2.05, 4.69) is 37.5 Å². The minimum absolute atomic E-state index is 0.0550.